The molecule has 0 unspecified atom stereocenters. The maximum absolute atomic E-state index is 5.66. The minimum atomic E-state index is 0.430. The molecule has 0 fully saturated rings. The third-order valence-corrected chi connectivity index (χ3v) is 1.64. The van der Waals surface area contributed by atoms with Crippen molar-refractivity contribution in [1.82, 2.24) is 4.98 Å². The lowest BCUT2D eigenvalue weighted by molar-refractivity contribution is 1.20. The van der Waals surface area contributed by atoms with E-state index in [9.17, 15) is 0 Å². The van der Waals surface area contributed by atoms with Crippen LogP contribution in [-0.4, -0.2) is 12.0 Å². The van der Waals surface area contributed by atoms with Crippen LogP contribution >= 0.6 is 11.6 Å². The zero-order chi connectivity index (χ0) is 8.43. The number of halogens is 1. The van der Waals surface area contributed by atoms with E-state index in [1.165, 1.54) is 0 Å². The smallest absolute Gasteiger partial charge is 0.131 e. The normalized spacial score (nSPS) is 9.73. The molecule has 1 heterocycles. The summed E-state index contributed by atoms with van der Waals surface area (Å²) in [5.74, 6) is 0. The van der Waals surface area contributed by atoms with E-state index in [4.69, 9.17) is 17.3 Å². The van der Waals surface area contributed by atoms with E-state index in [-0.39, 0.29) is 0 Å². The molecule has 0 aliphatic rings. The van der Waals surface area contributed by atoms with E-state index in [1.54, 1.807) is 13.1 Å². The first-order chi connectivity index (χ1) is 5.15. The molecule has 3 nitrogen and oxygen atoms in total. The quantitative estimate of drug-likeness (QED) is 0.632. The van der Waals surface area contributed by atoms with Crippen molar-refractivity contribution >= 4 is 23.0 Å². The molecule has 0 bridgehead atoms. The molecular weight excluding hydrogens is 162 g/mol. The molecule has 0 spiro atoms. The average molecular weight is 172 g/mol. The summed E-state index contributed by atoms with van der Waals surface area (Å²) in [6.45, 7) is 1.86. The van der Waals surface area contributed by atoms with Gasteiger partial charge in [0, 0.05) is 13.1 Å². The van der Waals surface area contributed by atoms with Crippen LogP contribution in [0.15, 0.2) is 6.07 Å². The first-order valence-electron chi connectivity index (χ1n) is 3.25. The molecule has 3 N–H and O–H groups in total. The molecule has 1 aromatic rings. The van der Waals surface area contributed by atoms with E-state index in [0.717, 1.165) is 11.4 Å². The third kappa shape index (κ3) is 1.54. The Balaban J connectivity index is 3.25. The summed E-state index contributed by atoms with van der Waals surface area (Å²) in [5.41, 5.74) is 7.93. The topological polar surface area (TPSA) is 50.9 Å². The number of nitrogens with two attached hydrogens (primary N) is 1. The minimum Gasteiger partial charge on any atom is -0.397 e. The SMILES string of the molecule is CNc1c(N)cc(Cl)nc1C. The second-order valence-corrected chi connectivity index (χ2v) is 2.63. The fourth-order valence-corrected chi connectivity index (χ4v) is 1.23. The summed E-state index contributed by atoms with van der Waals surface area (Å²) >= 11 is 5.66. The van der Waals surface area contributed by atoms with E-state index in [2.05, 4.69) is 10.3 Å². The van der Waals surface area contributed by atoms with Gasteiger partial charge in [-0.2, -0.15) is 0 Å². The predicted molar refractivity (Wildman–Crippen MR) is 47.9 cm³/mol. The Morgan fingerprint density at radius 3 is 2.73 bits per heavy atom. The Labute approximate surface area is 70.6 Å². The van der Waals surface area contributed by atoms with Gasteiger partial charge in [-0.05, 0) is 6.92 Å². The molecule has 4 heteroatoms. The van der Waals surface area contributed by atoms with Gasteiger partial charge in [0.05, 0.1) is 17.1 Å². The van der Waals surface area contributed by atoms with Crippen molar-refractivity contribution < 1.29 is 0 Å². The molecule has 0 aromatic carbocycles. The number of pyridine rings is 1. The Morgan fingerprint density at radius 2 is 2.27 bits per heavy atom. The van der Waals surface area contributed by atoms with Crippen LogP contribution in [0.25, 0.3) is 0 Å². The van der Waals surface area contributed by atoms with E-state index in [1.807, 2.05) is 6.92 Å². The maximum Gasteiger partial charge on any atom is 0.131 e. The van der Waals surface area contributed by atoms with Gasteiger partial charge in [-0.3, -0.25) is 0 Å². The van der Waals surface area contributed by atoms with Gasteiger partial charge in [0.2, 0.25) is 0 Å². The monoisotopic (exact) mass is 171 g/mol. The Bertz CT molecular complexity index is 249. The molecule has 0 saturated carbocycles. The predicted octanol–water partition coefficient (Wildman–Crippen LogP) is 1.67. The molecule has 0 aliphatic carbocycles. The summed E-state index contributed by atoms with van der Waals surface area (Å²) in [7, 11) is 1.80. The van der Waals surface area contributed by atoms with Gasteiger partial charge in [0.15, 0.2) is 0 Å². The van der Waals surface area contributed by atoms with Crippen molar-refractivity contribution in [3.63, 3.8) is 0 Å². The number of aromatic nitrogens is 1. The highest BCUT2D eigenvalue weighted by Gasteiger charge is 2.03. The van der Waals surface area contributed by atoms with Crippen LogP contribution in [0.3, 0.4) is 0 Å². The molecule has 11 heavy (non-hydrogen) atoms. The van der Waals surface area contributed by atoms with Crippen molar-refractivity contribution in [2.45, 2.75) is 6.92 Å². The summed E-state index contributed by atoms with van der Waals surface area (Å²) in [6.07, 6.45) is 0. The average Bonchev–Trinajstić information content (AvgIpc) is 1.85. The van der Waals surface area contributed by atoms with Crippen molar-refractivity contribution in [2.24, 2.45) is 0 Å². The van der Waals surface area contributed by atoms with E-state index in [0.29, 0.717) is 10.8 Å². The maximum atomic E-state index is 5.66. The van der Waals surface area contributed by atoms with E-state index >= 15 is 0 Å². The van der Waals surface area contributed by atoms with Crippen molar-refractivity contribution in [3.05, 3.63) is 16.9 Å². The molecular formula is C7H10ClN3. The fourth-order valence-electron chi connectivity index (χ4n) is 0.983. The van der Waals surface area contributed by atoms with Crippen molar-refractivity contribution in [3.8, 4) is 0 Å². The highest BCUT2D eigenvalue weighted by molar-refractivity contribution is 6.29. The van der Waals surface area contributed by atoms with Gasteiger partial charge in [-0.15, -0.1) is 0 Å². The lowest BCUT2D eigenvalue weighted by atomic mass is 10.3. The van der Waals surface area contributed by atoms with Gasteiger partial charge in [0.1, 0.15) is 5.15 Å². The zero-order valence-corrected chi connectivity index (χ0v) is 7.24. The van der Waals surface area contributed by atoms with Gasteiger partial charge in [-0.1, -0.05) is 11.6 Å². The standard InChI is InChI=1S/C7H10ClN3/c1-4-7(10-2)5(9)3-6(8)11-4/h3,10H,1-2H3,(H2,9,11). The molecule has 0 saturated heterocycles. The number of nitrogen functional groups attached to an aromatic ring is 1. The number of rotatable bonds is 1. The van der Waals surface area contributed by atoms with Crippen LogP contribution in [0, 0.1) is 6.92 Å². The third-order valence-electron chi connectivity index (χ3n) is 1.45. The van der Waals surface area contributed by atoms with Crippen LogP contribution in [0.4, 0.5) is 11.4 Å². The van der Waals surface area contributed by atoms with Crippen LogP contribution in [0.5, 0.6) is 0 Å². The molecule has 0 aliphatic heterocycles. The minimum absolute atomic E-state index is 0.430. The Kier molecular flexibility index (Phi) is 2.19. The highest BCUT2D eigenvalue weighted by Crippen LogP contribution is 2.23. The van der Waals surface area contributed by atoms with Crippen LogP contribution in [0.1, 0.15) is 5.69 Å². The largest absolute Gasteiger partial charge is 0.397 e. The van der Waals surface area contributed by atoms with Crippen LogP contribution in [0.2, 0.25) is 5.15 Å². The Hall–Kier alpha value is -0.960. The van der Waals surface area contributed by atoms with Crippen LogP contribution in [-0.2, 0) is 0 Å². The van der Waals surface area contributed by atoms with Crippen molar-refractivity contribution in [1.29, 1.82) is 0 Å². The lowest BCUT2D eigenvalue weighted by Crippen LogP contribution is -2.00. The van der Waals surface area contributed by atoms with Gasteiger partial charge >= 0.3 is 0 Å². The second kappa shape index (κ2) is 2.96. The summed E-state index contributed by atoms with van der Waals surface area (Å²) in [6, 6.07) is 1.63. The number of hydrogen-bond donors (Lipinski definition) is 2. The Morgan fingerprint density at radius 1 is 1.64 bits per heavy atom. The summed E-state index contributed by atoms with van der Waals surface area (Å²) in [5, 5.41) is 3.37. The number of anilines is 2. The zero-order valence-electron chi connectivity index (χ0n) is 6.48. The first kappa shape index (κ1) is 8.14. The summed E-state index contributed by atoms with van der Waals surface area (Å²) in [4.78, 5) is 4.03. The van der Waals surface area contributed by atoms with Crippen molar-refractivity contribution in [2.75, 3.05) is 18.1 Å². The highest BCUT2D eigenvalue weighted by atomic mass is 35.5. The first-order valence-corrected chi connectivity index (χ1v) is 3.63. The summed E-state index contributed by atoms with van der Waals surface area (Å²) < 4.78 is 0. The van der Waals surface area contributed by atoms with E-state index < -0.39 is 0 Å². The lowest BCUT2D eigenvalue weighted by Gasteiger charge is -2.07. The number of nitrogens with one attached hydrogen (secondary N) is 1. The van der Waals surface area contributed by atoms with Crippen LogP contribution < -0.4 is 11.1 Å². The molecule has 1 aromatic heterocycles. The number of aryl methyl sites for hydroxylation is 1. The second-order valence-electron chi connectivity index (χ2n) is 2.24. The molecule has 1 rings (SSSR count). The fraction of sp³-hybridized carbons (Fsp3) is 0.286. The van der Waals surface area contributed by atoms with Gasteiger partial charge in [-0.25, -0.2) is 4.98 Å². The molecule has 60 valence electrons. The van der Waals surface area contributed by atoms with Gasteiger partial charge in [0.25, 0.3) is 0 Å². The molecule has 0 radical (unpaired) electrons. The number of nitrogens with zero attached hydrogens (tertiary/aromatic N) is 1. The molecule has 0 atom stereocenters. The number of hydrogen-bond acceptors (Lipinski definition) is 3. The van der Waals surface area contributed by atoms with Gasteiger partial charge < -0.3 is 11.1 Å². The molecule has 0 amide bonds.